The highest BCUT2D eigenvalue weighted by Crippen LogP contribution is 2.42. The molecule has 5 heteroatoms. The summed E-state index contributed by atoms with van der Waals surface area (Å²) in [5.74, 6) is 2.50. The normalized spacial score (nSPS) is 14.8. The molecule has 1 aromatic heterocycles. The molecule has 0 bridgehead atoms. The molecule has 0 unspecified atom stereocenters. The zero-order valence-electron chi connectivity index (χ0n) is 27.4. The fraction of sp³-hybridized carbons (Fsp3) is 0.214. The number of oxazole rings is 1. The Morgan fingerprint density at radius 1 is 0.723 bits per heavy atom. The molecule has 1 N–H and O–H groups in total. The molecule has 4 nitrogen and oxygen atoms in total. The monoisotopic (exact) mass is 634 g/mol. The molecule has 6 aromatic rings. The van der Waals surface area contributed by atoms with Crippen molar-refractivity contribution in [3.05, 3.63) is 157 Å². The number of nitrogens with zero attached hydrogens (tertiary/aromatic N) is 1. The van der Waals surface area contributed by atoms with Gasteiger partial charge in [-0.3, -0.25) is 0 Å². The van der Waals surface area contributed by atoms with Gasteiger partial charge < -0.3 is 14.2 Å². The van der Waals surface area contributed by atoms with Gasteiger partial charge in [-0.15, -0.1) is 0 Å². The lowest BCUT2D eigenvalue weighted by atomic mass is 9.87. The van der Waals surface area contributed by atoms with Crippen LogP contribution in [-0.2, 0) is 13.0 Å². The van der Waals surface area contributed by atoms with Crippen molar-refractivity contribution in [1.82, 2.24) is 10.3 Å². The number of rotatable bonds is 9. The molecular formula is C42H42N2O2Si. The third-order valence-electron chi connectivity index (χ3n) is 9.40. The van der Waals surface area contributed by atoms with E-state index < -0.39 is 8.32 Å². The van der Waals surface area contributed by atoms with Gasteiger partial charge >= 0.3 is 8.32 Å². The van der Waals surface area contributed by atoms with Crippen LogP contribution >= 0.6 is 0 Å². The van der Waals surface area contributed by atoms with Gasteiger partial charge in [-0.1, -0.05) is 154 Å². The molecular weight excluding hydrogens is 593 g/mol. The first-order valence-corrected chi connectivity index (χ1v) is 18.6. The SMILES string of the molecule is CC(C)(C)[Si](Oc1cccc2c1CCC[C@H]2NCc1nc(-c2ccccc2)c(-c2ccccc2)o1)(c1ccccc1)c1ccccc1. The maximum atomic E-state index is 7.55. The molecule has 1 heterocycles. The minimum atomic E-state index is -2.76. The summed E-state index contributed by atoms with van der Waals surface area (Å²) in [7, 11) is -2.76. The highest BCUT2D eigenvalue weighted by molar-refractivity contribution is 7.00. The molecule has 0 fully saturated rings. The van der Waals surface area contributed by atoms with Crippen LogP contribution in [0.5, 0.6) is 5.75 Å². The van der Waals surface area contributed by atoms with Gasteiger partial charge in [0.25, 0.3) is 0 Å². The molecule has 5 aromatic carbocycles. The standard InChI is InChI=1S/C42H42N2O2Si/c1-42(2,3)47(33-22-12-6-13-23-33,34-24-14-7-15-25-34)46-38-29-17-26-35-36(38)27-16-28-37(35)43-30-39-44-40(31-18-8-4-9-19-31)41(45-39)32-20-10-5-11-21-32/h4-15,17-26,29,37,43H,16,27-28,30H2,1-3H3/t37-/m1/s1. The quantitative estimate of drug-likeness (QED) is 0.161. The summed E-state index contributed by atoms with van der Waals surface area (Å²) < 4.78 is 14.0. The van der Waals surface area contributed by atoms with Crippen LogP contribution in [0.15, 0.2) is 144 Å². The summed E-state index contributed by atoms with van der Waals surface area (Å²) in [4.78, 5) is 5.01. The Hall–Kier alpha value is -4.71. The topological polar surface area (TPSA) is 47.3 Å². The Balaban J connectivity index is 1.21. The molecule has 0 saturated heterocycles. The van der Waals surface area contributed by atoms with E-state index in [1.807, 2.05) is 36.4 Å². The fourth-order valence-electron chi connectivity index (χ4n) is 7.16. The molecule has 7 rings (SSSR count). The van der Waals surface area contributed by atoms with Crippen LogP contribution in [0.3, 0.4) is 0 Å². The van der Waals surface area contributed by atoms with Gasteiger partial charge in [0.15, 0.2) is 5.76 Å². The van der Waals surface area contributed by atoms with E-state index in [0.29, 0.717) is 12.4 Å². The number of aromatic nitrogens is 1. The van der Waals surface area contributed by atoms with Crippen molar-refractivity contribution in [2.45, 2.75) is 57.7 Å². The average molecular weight is 635 g/mol. The van der Waals surface area contributed by atoms with Crippen LogP contribution < -0.4 is 20.1 Å². The second-order valence-corrected chi connectivity index (χ2v) is 17.7. The fourth-order valence-corrected chi connectivity index (χ4v) is 11.6. The number of benzene rings is 5. The van der Waals surface area contributed by atoms with E-state index in [1.54, 1.807) is 0 Å². The molecule has 1 aliphatic rings. The summed E-state index contributed by atoms with van der Waals surface area (Å²) in [6.45, 7) is 7.55. The summed E-state index contributed by atoms with van der Waals surface area (Å²) >= 11 is 0. The number of hydrogen-bond donors (Lipinski definition) is 1. The van der Waals surface area contributed by atoms with Crippen molar-refractivity contribution in [2.75, 3.05) is 0 Å². The van der Waals surface area contributed by atoms with E-state index in [2.05, 4.69) is 129 Å². The van der Waals surface area contributed by atoms with E-state index in [1.165, 1.54) is 21.5 Å². The molecule has 47 heavy (non-hydrogen) atoms. The van der Waals surface area contributed by atoms with E-state index in [4.69, 9.17) is 13.8 Å². The Kier molecular flexibility index (Phi) is 8.67. The van der Waals surface area contributed by atoms with Gasteiger partial charge in [0.1, 0.15) is 11.4 Å². The lowest BCUT2D eigenvalue weighted by molar-refractivity contribution is 0.407. The lowest BCUT2D eigenvalue weighted by Crippen LogP contribution is -2.69. The van der Waals surface area contributed by atoms with Crippen molar-refractivity contribution < 1.29 is 8.84 Å². The summed E-state index contributed by atoms with van der Waals surface area (Å²) in [6, 6.07) is 49.1. The zero-order chi connectivity index (χ0) is 32.3. The molecule has 1 atom stereocenters. The minimum Gasteiger partial charge on any atom is -0.534 e. The first-order chi connectivity index (χ1) is 22.9. The predicted molar refractivity (Wildman–Crippen MR) is 195 cm³/mol. The summed E-state index contributed by atoms with van der Waals surface area (Å²) in [6.07, 6.45) is 3.13. The maximum absolute atomic E-state index is 7.55. The molecule has 1 aliphatic carbocycles. The molecule has 236 valence electrons. The first-order valence-electron chi connectivity index (χ1n) is 16.7. The lowest BCUT2D eigenvalue weighted by Gasteiger charge is -2.44. The predicted octanol–water partition coefficient (Wildman–Crippen LogP) is 9.11. The second-order valence-electron chi connectivity index (χ2n) is 13.4. The van der Waals surface area contributed by atoms with E-state index in [0.717, 1.165) is 47.6 Å². The maximum Gasteiger partial charge on any atom is 0.319 e. The van der Waals surface area contributed by atoms with Crippen LogP contribution in [-0.4, -0.2) is 13.3 Å². The van der Waals surface area contributed by atoms with Crippen LogP contribution in [0.1, 0.15) is 56.7 Å². The van der Waals surface area contributed by atoms with Crippen molar-refractivity contribution in [2.24, 2.45) is 0 Å². The zero-order valence-corrected chi connectivity index (χ0v) is 28.4. The van der Waals surface area contributed by atoms with Crippen molar-refractivity contribution >= 4 is 18.7 Å². The number of fused-ring (bicyclic) bond motifs is 1. The Bertz CT molecular complexity index is 1820. The van der Waals surface area contributed by atoms with Gasteiger partial charge in [-0.05, 0) is 51.9 Å². The van der Waals surface area contributed by atoms with E-state index in [-0.39, 0.29) is 11.1 Å². The van der Waals surface area contributed by atoms with Gasteiger partial charge in [0.05, 0.1) is 6.54 Å². The molecule has 0 saturated carbocycles. The number of hydrogen-bond acceptors (Lipinski definition) is 4. The van der Waals surface area contributed by atoms with Crippen molar-refractivity contribution in [3.8, 4) is 28.3 Å². The Morgan fingerprint density at radius 2 is 1.30 bits per heavy atom. The molecule has 0 radical (unpaired) electrons. The third kappa shape index (κ3) is 6.09. The van der Waals surface area contributed by atoms with E-state index in [9.17, 15) is 0 Å². The summed E-state index contributed by atoms with van der Waals surface area (Å²) in [5.41, 5.74) is 5.57. The first kappa shape index (κ1) is 30.9. The van der Waals surface area contributed by atoms with Gasteiger partial charge in [0, 0.05) is 17.2 Å². The van der Waals surface area contributed by atoms with Crippen LogP contribution in [0.25, 0.3) is 22.6 Å². The van der Waals surface area contributed by atoms with Gasteiger partial charge in [-0.2, -0.15) is 0 Å². The van der Waals surface area contributed by atoms with Crippen LogP contribution in [0.2, 0.25) is 5.04 Å². The van der Waals surface area contributed by atoms with E-state index >= 15 is 0 Å². The molecule has 0 aliphatic heterocycles. The Labute approximate surface area is 279 Å². The average Bonchev–Trinajstić information content (AvgIpc) is 3.55. The Morgan fingerprint density at radius 3 is 1.89 bits per heavy atom. The minimum absolute atomic E-state index is 0.109. The van der Waals surface area contributed by atoms with Crippen molar-refractivity contribution in [3.63, 3.8) is 0 Å². The number of nitrogens with one attached hydrogen (secondary N) is 1. The van der Waals surface area contributed by atoms with Gasteiger partial charge in [-0.25, -0.2) is 4.98 Å². The van der Waals surface area contributed by atoms with Gasteiger partial charge in [0.2, 0.25) is 5.89 Å². The highest BCUT2D eigenvalue weighted by Gasteiger charge is 2.52. The summed E-state index contributed by atoms with van der Waals surface area (Å²) in [5, 5.41) is 6.28. The van der Waals surface area contributed by atoms with Crippen molar-refractivity contribution in [1.29, 1.82) is 0 Å². The largest absolute Gasteiger partial charge is 0.534 e. The molecule has 0 spiro atoms. The smallest absolute Gasteiger partial charge is 0.319 e. The van der Waals surface area contributed by atoms with Crippen LogP contribution in [0, 0.1) is 0 Å². The highest BCUT2D eigenvalue weighted by atomic mass is 28.4. The second kappa shape index (κ2) is 13.2. The van der Waals surface area contributed by atoms with Crippen LogP contribution in [0.4, 0.5) is 0 Å². The third-order valence-corrected chi connectivity index (χ3v) is 14.3. The molecule has 0 amide bonds.